The average molecular weight is 588 g/mol. The quantitative estimate of drug-likeness (QED) is 0.250. The molecule has 14 nitrogen and oxygen atoms in total. The van der Waals surface area contributed by atoms with Crippen LogP contribution in [-0.2, 0) is 50.0 Å². The molecule has 0 saturated heterocycles. The van der Waals surface area contributed by atoms with Gasteiger partial charge in [-0.3, -0.25) is 38.4 Å². The molecule has 0 atom stereocenters. The van der Waals surface area contributed by atoms with Crippen LogP contribution in [0, 0.1) is 0 Å². The molecule has 38 heavy (non-hydrogen) atoms. The summed E-state index contributed by atoms with van der Waals surface area (Å²) in [6.45, 7) is 1.11. The number of hydrogen-bond donors (Lipinski definition) is 3. The topological polar surface area (TPSA) is 208 Å². The van der Waals surface area contributed by atoms with E-state index in [1.807, 2.05) is 4.90 Å². The Morgan fingerprint density at radius 3 is 1.29 bits per heavy atom. The van der Waals surface area contributed by atoms with Crippen LogP contribution >= 0.6 is 0 Å². The van der Waals surface area contributed by atoms with Crippen molar-refractivity contribution < 1.29 is 38.9 Å². The molecule has 0 aliphatic rings. The van der Waals surface area contributed by atoms with E-state index >= 15 is 0 Å². The zero-order valence-corrected chi connectivity index (χ0v) is 22.4. The summed E-state index contributed by atoms with van der Waals surface area (Å²) in [7, 11) is -11.6. The van der Waals surface area contributed by atoms with E-state index in [0.29, 0.717) is 30.2 Å². The smallest absolute Gasteiger partial charge is 0.294 e. The van der Waals surface area contributed by atoms with Crippen LogP contribution in [0.25, 0.3) is 0 Å². The van der Waals surface area contributed by atoms with Crippen molar-refractivity contribution in [2.75, 3.05) is 20.1 Å². The second-order valence-corrected chi connectivity index (χ2v) is 12.6. The van der Waals surface area contributed by atoms with E-state index in [1.54, 1.807) is 11.9 Å². The minimum atomic E-state index is -4.46. The van der Waals surface area contributed by atoms with Crippen molar-refractivity contribution in [2.45, 2.75) is 34.3 Å². The summed E-state index contributed by atoms with van der Waals surface area (Å²) in [5, 5.41) is 0. The third-order valence-corrected chi connectivity index (χ3v) is 7.81. The molecule has 0 radical (unpaired) electrons. The Morgan fingerprint density at radius 1 is 0.605 bits per heavy atom. The Kier molecular flexibility index (Phi) is 9.26. The van der Waals surface area contributed by atoms with Crippen LogP contribution < -0.4 is 0 Å². The fraction of sp³-hybridized carbons (Fsp3) is 0.286. The Bertz CT molecular complexity index is 1540. The molecule has 0 fully saturated rings. The number of hydrogen-bond acceptors (Lipinski definition) is 11. The molecule has 3 aromatic rings. The second kappa shape index (κ2) is 11.9. The van der Waals surface area contributed by atoms with Crippen molar-refractivity contribution in [1.82, 2.24) is 24.8 Å². The van der Waals surface area contributed by atoms with Gasteiger partial charge in [-0.2, -0.15) is 25.3 Å². The van der Waals surface area contributed by atoms with Crippen LogP contribution in [0.15, 0.2) is 69.7 Å². The molecule has 206 valence electrons. The van der Waals surface area contributed by atoms with Crippen LogP contribution in [0.2, 0.25) is 0 Å². The monoisotopic (exact) mass is 587 g/mol. The molecule has 17 heteroatoms. The largest absolute Gasteiger partial charge is 0.299 e. The zero-order valence-electron chi connectivity index (χ0n) is 20.0. The van der Waals surface area contributed by atoms with Crippen LogP contribution in [0.4, 0.5) is 0 Å². The SMILES string of the molecule is CN(CCN(Cc1cc(S(=O)(=O)O)ccn1)Cc1cc(S(=O)(=O)O)ccn1)Cc1cc(S(=O)(=O)O)ccn1. The van der Waals surface area contributed by atoms with Crippen molar-refractivity contribution in [3.05, 3.63) is 72.1 Å². The second-order valence-electron chi connectivity index (χ2n) is 8.32. The fourth-order valence-corrected chi connectivity index (χ4v) is 5.00. The molecule has 0 bridgehead atoms. The predicted molar refractivity (Wildman–Crippen MR) is 133 cm³/mol. The van der Waals surface area contributed by atoms with Gasteiger partial charge in [0.25, 0.3) is 30.4 Å². The lowest BCUT2D eigenvalue weighted by Gasteiger charge is -2.25. The Labute approximate surface area is 220 Å². The molecule has 0 spiro atoms. The molecule has 3 rings (SSSR count). The summed E-state index contributed by atoms with van der Waals surface area (Å²) < 4.78 is 96.8. The minimum Gasteiger partial charge on any atom is -0.299 e. The van der Waals surface area contributed by atoms with E-state index in [2.05, 4.69) is 15.0 Å². The predicted octanol–water partition coefficient (Wildman–Crippen LogP) is 0.746. The van der Waals surface area contributed by atoms with Gasteiger partial charge in [-0.15, -0.1) is 0 Å². The first-order valence-corrected chi connectivity index (χ1v) is 15.1. The third-order valence-electron chi connectivity index (χ3n) is 5.26. The molecule has 0 unspecified atom stereocenters. The van der Waals surface area contributed by atoms with Gasteiger partial charge in [0.15, 0.2) is 0 Å². The van der Waals surface area contributed by atoms with E-state index in [-0.39, 0.29) is 34.3 Å². The van der Waals surface area contributed by atoms with Gasteiger partial charge < -0.3 is 0 Å². The number of nitrogens with zero attached hydrogens (tertiary/aromatic N) is 5. The van der Waals surface area contributed by atoms with Gasteiger partial charge in [-0.1, -0.05) is 0 Å². The summed E-state index contributed by atoms with van der Waals surface area (Å²) in [6, 6.07) is 7.11. The van der Waals surface area contributed by atoms with Crippen molar-refractivity contribution in [3.8, 4) is 0 Å². The highest BCUT2D eigenvalue weighted by Crippen LogP contribution is 2.15. The summed E-state index contributed by atoms with van der Waals surface area (Å²) in [4.78, 5) is 15.0. The first-order chi connectivity index (χ1) is 17.6. The van der Waals surface area contributed by atoms with Gasteiger partial charge in [-0.05, 0) is 43.4 Å². The molecular formula is C21H25N5O9S3. The lowest BCUT2D eigenvalue weighted by atomic mass is 10.2. The summed E-state index contributed by atoms with van der Waals surface area (Å²) in [6.07, 6.45) is 3.72. The Balaban J connectivity index is 1.79. The Hall–Kier alpha value is -2.90. The third kappa shape index (κ3) is 8.84. The number of likely N-dealkylation sites (N-methyl/N-ethyl adjacent to an activating group) is 1. The highest BCUT2D eigenvalue weighted by Gasteiger charge is 2.17. The molecule has 3 aromatic heterocycles. The molecule has 0 saturated carbocycles. The maximum atomic E-state index is 11.5. The van der Waals surface area contributed by atoms with Gasteiger partial charge in [-0.25, -0.2) is 0 Å². The number of pyridine rings is 3. The van der Waals surface area contributed by atoms with Crippen LogP contribution in [0.5, 0.6) is 0 Å². The lowest BCUT2D eigenvalue weighted by Crippen LogP contribution is -2.33. The molecular weight excluding hydrogens is 562 g/mol. The number of aromatic nitrogens is 3. The molecule has 0 amide bonds. The Morgan fingerprint density at radius 2 is 0.947 bits per heavy atom. The first kappa shape index (κ1) is 29.7. The summed E-state index contributed by atoms with van der Waals surface area (Å²) in [5.41, 5.74) is 0.992. The highest BCUT2D eigenvalue weighted by molar-refractivity contribution is 7.86. The summed E-state index contributed by atoms with van der Waals surface area (Å²) >= 11 is 0. The van der Waals surface area contributed by atoms with E-state index in [4.69, 9.17) is 0 Å². The van der Waals surface area contributed by atoms with Gasteiger partial charge >= 0.3 is 0 Å². The molecule has 3 N–H and O–H groups in total. The molecule has 0 aliphatic carbocycles. The highest BCUT2D eigenvalue weighted by atomic mass is 32.2. The number of rotatable bonds is 12. The zero-order chi connectivity index (χ0) is 28.1. The standard InChI is InChI=1S/C21H25N5O9S3/c1-25(13-16-10-19(2-5-22-16)36(27,28)29)8-9-26(14-17-11-20(3-6-23-17)37(30,31)32)15-18-12-21(4-7-24-18)38(33,34)35/h2-7,10-12H,8-9,13-15H2,1H3,(H,27,28,29)(H,30,31,32)(H,33,34,35). The van der Waals surface area contributed by atoms with Crippen LogP contribution in [0.3, 0.4) is 0 Å². The van der Waals surface area contributed by atoms with E-state index < -0.39 is 30.4 Å². The molecule has 0 aromatic carbocycles. The molecule has 0 aliphatic heterocycles. The van der Waals surface area contributed by atoms with E-state index in [0.717, 1.165) is 12.1 Å². The van der Waals surface area contributed by atoms with Crippen molar-refractivity contribution in [3.63, 3.8) is 0 Å². The van der Waals surface area contributed by atoms with Gasteiger partial charge in [0.2, 0.25) is 0 Å². The fourth-order valence-electron chi connectivity index (χ4n) is 3.45. The van der Waals surface area contributed by atoms with Gasteiger partial charge in [0.1, 0.15) is 0 Å². The lowest BCUT2D eigenvalue weighted by molar-refractivity contribution is 0.204. The molecule has 3 heterocycles. The maximum Gasteiger partial charge on any atom is 0.294 e. The van der Waals surface area contributed by atoms with Crippen LogP contribution in [-0.4, -0.2) is 83.8 Å². The maximum absolute atomic E-state index is 11.5. The first-order valence-electron chi connectivity index (χ1n) is 10.8. The van der Waals surface area contributed by atoms with E-state index in [1.165, 1.54) is 42.9 Å². The van der Waals surface area contributed by atoms with Gasteiger partial charge in [0, 0.05) is 51.3 Å². The van der Waals surface area contributed by atoms with Gasteiger partial charge in [0.05, 0.1) is 31.8 Å². The van der Waals surface area contributed by atoms with Crippen molar-refractivity contribution in [1.29, 1.82) is 0 Å². The summed E-state index contributed by atoms with van der Waals surface area (Å²) in [5.74, 6) is 0. The van der Waals surface area contributed by atoms with E-state index in [9.17, 15) is 38.9 Å². The van der Waals surface area contributed by atoms with Crippen LogP contribution in [0.1, 0.15) is 17.1 Å². The van der Waals surface area contributed by atoms with Crippen molar-refractivity contribution >= 4 is 30.4 Å². The average Bonchev–Trinajstić information content (AvgIpc) is 2.81. The minimum absolute atomic E-state index is 0.0888. The van der Waals surface area contributed by atoms with Crippen molar-refractivity contribution in [2.24, 2.45) is 0 Å². The normalized spacial score (nSPS) is 12.8.